The number of likely N-dealkylation sites (tertiary alicyclic amines) is 1. The van der Waals surface area contributed by atoms with E-state index in [9.17, 15) is 4.79 Å². The molecule has 17 heavy (non-hydrogen) atoms. The third-order valence-electron chi connectivity index (χ3n) is 3.25. The molecule has 1 aliphatic heterocycles. The van der Waals surface area contributed by atoms with Gasteiger partial charge in [-0.2, -0.15) is 0 Å². The summed E-state index contributed by atoms with van der Waals surface area (Å²) in [5.41, 5.74) is 0.171. The van der Waals surface area contributed by atoms with Gasteiger partial charge in [0.1, 0.15) is 0 Å². The van der Waals surface area contributed by atoms with Gasteiger partial charge < -0.3 is 10.2 Å². The van der Waals surface area contributed by atoms with E-state index in [1.807, 2.05) is 18.7 Å². The van der Waals surface area contributed by atoms with Crippen LogP contribution in [0.5, 0.6) is 0 Å². The topological polar surface area (TPSA) is 32.3 Å². The van der Waals surface area contributed by atoms with Crippen molar-refractivity contribution < 1.29 is 4.79 Å². The molecule has 1 saturated heterocycles. The van der Waals surface area contributed by atoms with Crippen LogP contribution in [0.15, 0.2) is 0 Å². The van der Waals surface area contributed by atoms with Gasteiger partial charge in [-0.05, 0) is 39.5 Å². The maximum atomic E-state index is 12.0. The zero-order valence-corrected chi connectivity index (χ0v) is 12.0. The van der Waals surface area contributed by atoms with E-state index in [-0.39, 0.29) is 11.5 Å². The molecule has 1 fully saturated rings. The summed E-state index contributed by atoms with van der Waals surface area (Å²) in [6.07, 6.45) is 2.39. The third kappa shape index (κ3) is 5.07. The van der Waals surface area contributed by atoms with Gasteiger partial charge in [0, 0.05) is 31.1 Å². The molecule has 3 heteroatoms. The molecule has 1 amide bonds. The minimum Gasteiger partial charge on any atom is -0.342 e. The van der Waals surface area contributed by atoms with E-state index >= 15 is 0 Å². The van der Waals surface area contributed by atoms with Crippen molar-refractivity contribution in [3.05, 3.63) is 0 Å². The molecule has 1 rings (SSSR count). The Morgan fingerprint density at radius 3 is 2.59 bits per heavy atom. The summed E-state index contributed by atoms with van der Waals surface area (Å²) in [5.74, 6) is 1.06. The van der Waals surface area contributed by atoms with Crippen LogP contribution < -0.4 is 5.32 Å². The molecule has 0 aromatic rings. The van der Waals surface area contributed by atoms with Crippen LogP contribution in [0.25, 0.3) is 0 Å². The van der Waals surface area contributed by atoms with Crippen molar-refractivity contribution in [1.82, 2.24) is 10.2 Å². The van der Waals surface area contributed by atoms with Crippen molar-refractivity contribution >= 4 is 5.91 Å². The molecule has 1 unspecified atom stereocenters. The molecule has 1 aliphatic rings. The summed E-state index contributed by atoms with van der Waals surface area (Å²) in [6.45, 7) is 13.4. The van der Waals surface area contributed by atoms with Gasteiger partial charge in [0.2, 0.25) is 5.91 Å². The van der Waals surface area contributed by atoms with Gasteiger partial charge in [-0.3, -0.25) is 4.79 Å². The average Bonchev–Trinajstić information content (AvgIpc) is 2.24. The largest absolute Gasteiger partial charge is 0.342 e. The van der Waals surface area contributed by atoms with E-state index in [4.69, 9.17) is 0 Å². The fourth-order valence-electron chi connectivity index (χ4n) is 2.25. The Morgan fingerprint density at radius 2 is 2.06 bits per heavy atom. The first-order valence-electron chi connectivity index (χ1n) is 6.83. The van der Waals surface area contributed by atoms with Crippen LogP contribution in [0.4, 0.5) is 0 Å². The molecule has 0 radical (unpaired) electrons. The number of rotatable bonds is 3. The predicted octanol–water partition coefficient (Wildman–Crippen LogP) is 2.27. The monoisotopic (exact) mass is 240 g/mol. The van der Waals surface area contributed by atoms with E-state index in [1.165, 1.54) is 6.42 Å². The molecular formula is C14H28N2O. The molecule has 0 aromatic carbocycles. The molecule has 1 N–H and O–H groups in total. The third-order valence-corrected chi connectivity index (χ3v) is 3.25. The summed E-state index contributed by atoms with van der Waals surface area (Å²) in [7, 11) is 0. The SMILES string of the molecule is CC(C)C(=O)N1CCCC(CNC(C)(C)C)C1. The van der Waals surface area contributed by atoms with Gasteiger partial charge in [0.05, 0.1) is 0 Å². The van der Waals surface area contributed by atoms with Crippen LogP contribution in [0.3, 0.4) is 0 Å². The second kappa shape index (κ2) is 5.85. The van der Waals surface area contributed by atoms with Crippen LogP contribution in [0, 0.1) is 11.8 Å². The second-order valence-corrected chi connectivity index (χ2v) is 6.58. The van der Waals surface area contributed by atoms with E-state index in [2.05, 4.69) is 26.1 Å². The Hall–Kier alpha value is -0.570. The normalized spacial score (nSPS) is 22.0. The van der Waals surface area contributed by atoms with Crippen molar-refractivity contribution in [1.29, 1.82) is 0 Å². The number of piperidine rings is 1. The quantitative estimate of drug-likeness (QED) is 0.821. The number of carbonyl (C=O) groups excluding carboxylic acids is 1. The molecule has 100 valence electrons. The highest BCUT2D eigenvalue weighted by atomic mass is 16.2. The van der Waals surface area contributed by atoms with Gasteiger partial charge >= 0.3 is 0 Å². The maximum Gasteiger partial charge on any atom is 0.225 e. The average molecular weight is 240 g/mol. The maximum absolute atomic E-state index is 12.0. The zero-order chi connectivity index (χ0) is 13.1. The summed E-state index contributed by atoms with van der Waals surface area (Å²) in [4.78, 5) is 14.0. The molecule has 1 heterocycles. The predicted molar refractivity (Wildman–Crippen MR) is 71.9 cm³/mol. The number of hydrogen-bond donors (Lipinski definition) is 1. The number of amides is 1. The molecular weight excluding hydrogens is 212 g/mol. The highest BCUT2D eigenvalue weighted by Crippen LogP contribution is 2.18. The van der Waals surface area contributed by atoms with Crippen LogP contribution in [0.2, 0.25) is 0 Å². The Balaban J connectivity index is 2.41. The van der Waals surface area contributed by atoms with E-state index in [1.54, 1.807) is 0 Å². The fraction of sp³-hybridized carbons (Fsp3) is 0.929. The van der Waals surface area contributed by atoms with Crippen molar-refractivity contribution in [3.63, 3.8) is 0 Å². The highest BCUT2D eigenvalue weighted by Gasteiger charge is 2.25. The van der Waals surface area contributed by atoms with E-state index in [0.717, 1.165) is 26.1 Å². The van der Waals surface area contributed by atoms with E-state index in [0.29, 0.717) is 11.8 Å². The van der Waals surface area contributed by atoms with Gasteiger partial charge in [-0.25, -0.2) is 0 Å². The Kier molecular flexibility index (Phi) is 4.99. The van der Waals surface area contributed by atoms with Crippen molar-refractivity contribution in [2.75, 3.05) is 19.6 Å². The number of carbonyl (C=O) groups is 1. The van der Waals surface area contributed by atoms with Crippen LogP contribution in [-0.4, -0.2) is 36.0 Å². The molecule has 0 aromatic heterocycles. The highest BCUT2D eigenvalue weighted by molar-refractivity contribution is 5.78. The number of nitrogens with zero attached hydrogens (tertiary/aromatic N) is 1. The van der Waals surface area contributed by atoms with Gasteiger partial charge in [-0.1, -0.05) is 13.8 Å². The fourth-order valence-corrected chi connectivity index (χ4v) is 2.25. The number of nitrogens with one attached hydrogen (secondary N) is 1. The smallest absolute Gasteiger partial charge is 0.225 e. The van der Waals surface area contributed by atoms with Gasteiger partial charge in [-0.15, -0.1) is 0 Å². The molecule has 0 spiro atoms. The molecule has 1 atom stereocenters. The van der Waals surface area contributed by atoms with E-state index < -0.39 is 0 Å². The minimum absolute atomic E-state index is 0.129. The lowest BCUT2D eigenvalue weighted by Gasteiger charge is -2.35. The molecule has 0 bridgehead atoms. The lowest BCUT2D eigenvalue weighted by atomic mass is 9.95. The molecule has 3 nitrogen and oxygen atoms in total. The molecule has 0 saturated carbocycles. The first kappa shape index (κ1) is 14.5. The van der Waals surface area contributed by atoms with Crippen LogP contribution in [0.1, 0.15) is 47.5 Å². The second-order valence-electron chi connectivity index (χ2n) is 6.58. The summed E-state index contributed by atoms with van der Waals surface area (Å²) >= 11 is 0. The van der Waals surface area contributed by atoms with Crippen molar-refractivity contribution in [2.45, 2.75) is 53.0 Å². The first-order chi connectivity index (χ1) is 7.79. The summed E-state index contributed by atoms with van der Waals surface area (Å²) < 4.78 is 0. The Bertz CT molecular complexity index is 255. The van der Waals surface area contributed by atoms with Gasteiger partial charge in [0.15, 0.2) is 0 Å². The zero-order valence-electron chi connectivity index (χ0n) is 12.0. The first-order valence-corrected chi connectivity index (χ1v) is 6.83. The van der Waals surface area contributed by atoms with Gasteiger partial charge in [0.25, 0.3) is 0 Å². The van der Waals surface area contributed by atoms with Crippen LogP contribution in [-0.2, 0) is 4.79 Å². The lowest BCUT2D eigenvalue weighted by Crippen LogP contribution is -2.47. The molecule has 0 aliphatic carbocycles. The number of hydrogen-bond acceptors (Lipinski definition) is 2. The minimum atomic E-state index is 0.129. The summed E-state index contributed by atoms with van der Waals surface area (Å²) in [5, 5.41) is 3.54. The van der Waals surface area contributed by atoms with Crippen molar-refractivity contribution in [2.24, 2.45) is 11.8 Å². The summed E-state index contributed by atoms with van der Waals surface area (Å²) in [6, 6.07) is 0. The standard InChI is InChI=1S/C14H28N2O/c1-11(2)13(17)16-8-6-7-12(10-16)9-15-14(3,4)5/h11-12,15H,6-10H2,1-5H3. The van der Waals surface area contributed by atoms with Crippen molar-refractivity contribution in [3.8, 4) is 0 Å². The van der Waals surface area contributed by atoms with Crippen LogP contribution >= 0.6 is 0 Å². The Labute approximate surface area is 106 Å². The Morgan fingerprint density at radius 1 is 1.41 bits per heavy atom. The lowest BCUT2D eigenvalue weighted by molar-refractivity contribution is -0.136.